The lowest BCUT2D eigenvalue weighted by Crippen LogP contribution is -2.61. The second-order valence-electron chi connectivity index (χ2n) is 52.0. The van der Waals surface area contributed by atoms with Gasteiger partial charge in [0.25, 0.3) is 6.71 Å². The van der Waals surface area contributed by atoms with E-state index in [-0.39, 0.29) is 32.5 Å². The van der Waals surface area contributed by atoms with Gasteiger partial charge in [-0.3, -0.25) is 0 Å². The van der Waals surface area contributed by atoms with Gasteiger partial charge in [0.05, 0.1) is 33.4 Å². The fourth-order valence-electron chi connectivity index (χ4n) is 21.1. The van der Waals surface area contributed by atoms with Gasteiger partial charge in [0.2, 0.25) is 0 Å². The highest BCUT2D eigenvalue weighted by molar-refractivity contribution is 7.00. The van der Waals surface area contributed by atoms with E-state index in [0.29, 0.717) is 22.3 Å². The van der Waals surface area contributed by atoms with Crippen LogP contribution in [0.15, 0.2) is 243 Å². The predicted molar refractivity (Wildman–Crippen MR) is 592 cm³/mol. The van der Waals surface area contributed by atoms with Crippen LogP contribution in [0.2, 0.25) is 0 Å². The van der Waals surface area contributed by atoms with Crippen LogP contribution in [0.3, 0.4) is 0 Å². The van der Waals surface area contributed by atoms with Crippen LogP contribution in [-0.4, -0.2) is 15.8 Å². The SMILES string of the molecule is [2H]C([2H])(c1ccc2c(c1)c1cc(C([2H])([2H])C(C)(C)C)ccc1n2-c1ccc2c(c1)N(c1c(-c3cccc(CC(C)(C)C)c3)cc(C(C)(C)C)cc1-c1cccc(CC(C)(C)C)c1)c1cc(C(C)(C)C)cc3c1B2c1ccc(-n2c4ccc(C([2H])([2H])C(C)(C)C)cc4c4cc(C([2H])([2H])C(C)(C)C)ccc42)cc1N3c1c(-c2cccc(CC(C)(C)C)c2)cc(C(C)(C)C)cc1-c1cccc(CC(C)(C)C)c1)C(C)(C)C. The highest BCUT2D eigenvalue weighted by Gasteiger charge is 2.47. The maximum Gasteiger partial charge on any atom is 0.252 e. The number of hydrogen-bond acceptors (Lipinski definition) is 2. The lowest BCUT2D eigenvalue weighted by atomic mass is 9.33. The molecular formula is C130H155BN4. The third-order valence-corrected chi connectivity index (χ3v) is 26.3. The molecule has 0 aliphatic carbocycles. The largest absolute Gasteiger partial charge is 0.310 e. The Kier molecular flexibility index (Phi) is 21.7. The van der Waals surface area contributed by atoms with Gasteiger partial charge in [0, 0.05) is 88.9 Å². The Bertz CT molecular complexity index is 6790. The first-order valence-corrected chi connectivity index (χ1v) is 49.8. The van der Waals surface area contributed by atoms with Gasteiger partial charge in [-0.25, -0.2) is 0 Å². The van der Waals surface area contributed by atoms with Gasteiger partial charge in [-0.05, 0) is 320 Å². The maximum atomic E-state index is 9.96. The molecule has 0 atom stereocenters. The molecular weight excluding hydrogens is 1630 g/mol. The molecule has 0 saturated carbocycles. The first-order valence-electron chi connectivity index (χ1n) is 53.8. The zero-order valence-corrected chi connectivity index (χ0v) is 87.8. The summed E-state index contributed by atoms with van der Waals surface area (Å²) >= 11 is 0. The molecule has 698 valence electrons. The molecule has 2 aliphatic heterocycles. The Labute approximate surface area is 824 Å². The molecule has 0 unspecified atom stereocenters. The third-order valence-electron chi connectivity index (χ3n) is 26.3. The number of rotatable bonds is 16. The number of anilines is 6. The summed E-state index contributed by atoms with van der Waals surface area (Å²) in [5, 5.41) is 3.33. The minimum atomic E-state index is -1.76. The molecule has 13 aromatic carbocycles. The van der Waals surface area contributed by atoms with Crippen molar-refractivity contribution in [3.63, 3.8) is 0 Å². The second kappa shape index (κ2) is 34.1. The number of benzene rings is 13. The van der Waals surface area contributed by atoms with Crippen LogP contribution in [0.1, 0.15) is 301 Å². The quantitative estimate of drug-likeness (QED) is 0.0897. The summed E-state index contributed by atoms with van der Waals surface area (Å²) in [5.74, 6) is 0. The zero-order chi connectivity index (χ0) is 104. The van der Waals surface area contributed by atoms with Crippen molar-refractivity contribution in [2.45, 2.75) is 296 Å². The molecule has 4 heterocycles. The molecule has 0 amide bonds. The van der Waals surface area contributed by atoms with Crippen molar-refractivity contribution in [3.8, 4) is 55.9 Å². The minimum Gasteiger partial charge on any atom is -0.310 e. The Balaban J connectivity index is 1.11. The van der Waals surface area contributed by atoms with Crippen LogP contribution in [0.4, 0.5) is 34.1 Å². The second-order valence-corrected chi connectivity index (χ2v) is 52.0. The fraction of sp³-hybridized carbons (Fsp3) is 0.400. The van der Waals surface area contributed by atoms with Crippen molar-refractivity contribution in [2.75, 3.05) is 9.80 Å². The molecule has 0 fully saturated rings. The van der Waals surface area contributed by atoms with Gasteiger partial charge in [0.1, 0.15) is 0 Å². The number of aromatic nitrogens is 2. The summed E-state index contributed by atoms with van der Waals surface area (Å²) in [6.45, 7) is 72.4. The van der Waals surface area contributed by atoms with Crippen molar-refractivity contribution in [3.05, 3.63) is 304 Å². The fourth-order valence-corrected chi connectivity index (χ4v) is 21.1. The van der Waals surface area contributed by atoms with Crippen LogP contribution in [0, 0.1) is 43.3 Å². The molecule has 15 aromatic rings. The summed E-state index contributed by atoms with van der Waals surface area (Å²) < 4.78 is 84.4. The van der Waals surface area contributed by atoms with Gasteiger partial charge < -0.3 is 18.9 Å². The molecule has 0 radical (unpaired) electrons. The highest BCUT2D eigenvalue weighted by atomic mass is 15.2. The van der Waals surface area contributed by atoms with Crippen LogP contribution in [0.25, 0.3) is 99.5 Å². The van der Waals surface area contributed by atoms with Gasteiger partial charge >= 0.3 is 0 Å². The topological polar surface area (TPSA) is 16.3 Å². The van der Waals surface area contributed by atoms with Crippen LogP contribution in [0.5, 0.6) is 0 Å². The molecule has 4 nitrogen and oxygen atoms in total. The predicted octanol–water partition coefficient (Wildman–Crippen LogP) is 35.2. The lowest BCUT2D eigenvalue weighted by molar-refractivity contribution is 0.411. The third kappa shape index (κ3) is 20.5. The van der Waals surface area contributed by atoms with Crippen LogP contribution >= 0.6 is 0 Å². The number of fused-ring (bicyclic) bond motifs is 10. The standard InChI is InChI=1S/C130H155BN4/c1-120(2,3)74-82-38-34-42-90(58-82)99-66-94(128(25,26)27)67-100(91-43-35-39-83(59-91)75-121(4,5)6)118(99)134-113-72-97(132-109-54-46-86(78-124(13,14)15)62-103(109)104-63-87(47-55-110(104)132)79-125(16,17)18)50-52-107(113)131-108-53-51-98(133-111-56-48-88(80-126(19,20)21)64-105(111)106-65-89(49-57-112(106)133)81-127(22,23)24)73-114(108)135(116-71-96(130(31,32)33)70-115(134)117(116)131)119-101(92-44-36-40-84(60-92)76-122(7,8)9)68-95(129(28,29)30)69-102(119)93-45-37-41-85(61-93)77-123(10,11)12/h34-73H,74-81H2,1-33H3/i78D2,79D2,80D2,81D2. The van der Waals surface area contributed by atoms with E-state index in [9.17, 15) is 11.0 Å². The highest BCUT2D eigenvalue weighted by Crippen LogP contribution is 2.57. The van der Waals surface area contributed by atoms with Gasteiger partial charge in [0.15, 0.2) is 0 Å². The summed E-state index contributed by atoms with van der Waals surface area (Å²) in [5.41, 5.74) is 29.6. The molecule has 135 heavy (non-hydrogen) atoms. The average molecular weight is 1790 g/mol. The summed E-state index contributed by atoms with van der Waals surface area (Å²) in [6, 6.07) is 91.9. The van der Waals surface area contributed by atoms with Crippen molar-refractivity contribution in [1.29, 1.82) is 0 Å². The molecule has 17 rings (SSSR count). The summed E-state index contributed by atoms with van der Waals surface area (Å²) in [6.07, 6.45) is -3.65. The van der Waals surface area contributed by atoms with Crippen molar-refractivity contribution in [1.82, 2.24) is 9.13 Å². The van der Waals surface area contributed by atoms with Crippen molar-refractivity contribution < 1.29 is 11.0 Å². The monoisotopic (exact) mass is 1790 g/mol. The van der Waals surface area contributed by atoms with Gasteiger partial charge in [-0.2, -0.15) is 0 Å². The molecule has 2 aromatic heterocycles. The van der Waals surface area contributed by atoms with E-state index in [1.54, 1.807) is 0 Å². The average Bonchev–Trinajstić information content (AvgIpc) is 1.07. The van der Waals surface area contributed by atoms with E-state index in [2.05, 4.69) is 358 Å². The lowest BCUT2D eigenvalue weighted by Gasteiger charge is -2.47. The molecule has 0 bridgehead atoms. The molecule has 0 saturated heterocycles. The number of nitrogens with zero attached hydrogens (tertiary/aromatic N) is 4. The normalized spacial score (nSPS) is 15.2. The van der Waals surface area contributed by atoms with E-state index < -0.39 is 59.3 Å². The Morgan fingerprint density at radius 1 is 0.230 bits per heavy atom. The smallest absolute Gasteiger partial charge is 0.252 e. The van der Waals surface area contributed by atoms with Gasteiger partial charge in [-0.1, -0.05) is 362 Å². The first-order chi connectivity index (χ1) is 65.8. The Morgan fingerprint density at radius 2 is 0.474 bits per heavy atom. The van der Waals surface area contributed by atoms with Crippen molar-refractivity contribution in [2.24, 2.45) is 43.3 Å². The number of hydrogen-bond donors (Lipinski definition) is 0. The van der Waals surface area contributed by atoms with E-state index in [1.165, 1.54) is 33.4 Å². The minimum absolute atomic E-state index is 0.0449. The van der Waals surface area contributed by atoms with E-state index in [0.717, 1.165) is 181 Å². The van der Waals surface area contributed by atoms with Crippen molar-refractivity contribution >= 4 is 101 Å². The van der Waals surface area contributed by atoms with Crippen LogP contribution < -0.4 is 26.2 Å². The Morgan fingerprint density at radius 3 is 0.704 bits per heavy atom. The molecule has 2 aliphatic rings. The van der Waals surface area contributed by atoms with E-state index in [4.69, 9.17) is 0 Å². The van der Waals surface area contributed by atoms with Crippen LogP contribution in [-0.2, 0) is 67.4 Å². The van der Waals surface area contributed by atoms with E-state index in [1.807, 2.05) is 132 Å². The zero-order valence-electron chi connectivity index (χ0n) is 95.8. The molecule has 0 N–H and O–H groups in total. The summed E-state index contributed by atoms with van der Waals surface area (Å²) in [7, 11) is 0. The maximum absolute atomic E-state index is 9.96. The van der Waals surface area contributed by atoms with Gasteiger partial charge in [-0.15, -0.1) is 0 Å². The first kappa shape index (κ1) is 85.8. The Hall–Kier alpha value is -10.9. The molecule has 0 spiro atoms. The molecule has 5 heteroatoms. The summed E-state index contributed by atoms with van der Waals surface area (Å²) in [4.78, 5) is 5.43. The van der Waals surface area contributed by atoms with E-state index >= 15 is 0 Å².